The predicted octanol–water partition coefficient (Wildman–Crippen LogP) is 0.179. The molecule has 0 aromatic carbocycles. The molecule has 1 fully saturated rings. The van der Waals surface area contributed by atoms with Gasteiger partial charge in [-0.25, -0.2) is 4.98 Å². The summed E-state index contributed by atoms with van der Waals surface area (Å²) in [5.41, 5.74) is 10.8. The van der Waals surface area contributed by atoms with Crippen LogP contribution in [-0.4, -0.2) is 28.4 Å². The quantitative estimate of drug-likeness (QED) is 0.670. The molecule has 1 heterocycles. The number of esters is 1. The van der Waals surface area contributed by atoms with Crippen LogP contribution < -0.4 is 16.2 Å². The van der Waals surface area contributed by atoms with Gasteiger partial charge in [-0.2, -0.15) is 0 Å². The molecule has 7 heteroatoms. The fourth-order valence-corrected chi connectivity index (χ4v) is 2.35. The first-order chi connectivity index (χ1) is 9.11. The number of hydrogen-bond acceptors (Lipinski definition) is 5. The van der Waals surface area contributed by atoms with E-state index >= 15 is 0 Å². The second-order valence-corrected chi connectivity index (χ2v) is 4.82. The molecule has 19 heavy (non-hydrogen) atoms. The van der Waals surface area contributed by atoms with Gasteiger partial charge in [-0.05, 0) is 38.1 Å². The molecular weight excluding hydrogens is 248 g/mol. The van der Waals surface area contributed by atoms with Crippen LogP contribution in [0.2, 0.25) is 0 Å². The average molecular weight is 266 g/mol. The van der Waals surface area contributed by atoms with E-state index in [9.17, 15) is 9.59 Å². The summed E-state index contributed by atoms with van der Waals surface area (Å²) in [5, 5.41) is 0. The van der Waals surface area contributed by atoms with Gasteiger partial charge in [0.05, 0.1) is 12.2 Å². The maximum atomic E-state index is 12.0. The van der Waals surface area contributed by atoms with Gasteiger partial charge in [0, 0.05) is 0 Å². The van der Waals surface area contributed by atoms with Crippen molar-refractivity contribution < 1.29 is 14.3 Å². The molecule has 0 bridgehead atoms. The van der Waals surface area contributed by atoms with Gasteiger partial charge in [-0.3, -0.25) is 9.59 Å². The van der Waals surface area contributed by atoms with Gasteiger partial charge < -0.3 is 21.2 Å². The van der Waals surface area contributed by atoms with E-state index in [0.717, 1.165) is 25.7 Å². The lowest BCUT2D eigenvalue weighted by Gasteiger charge is -2.25. The summed E-state index contributed by atoms with van der Waals surface area (Å²) in [7, 11) is 0. The fraction of sp³-hybridized carbons (Fsp3) is 0.583. The Bertz CT molecular complexity index is 463. The number of nitrogens with two attached hydrogens (primary N) is 2. The van der Waals surface area contributed by atoms with E-state index in [2.05, 4.69) is 9.97 Å². The highest BCUT2D eigenvalue weighted by Crippen LogP contribution is 2.29. The standard InChI is InChI=1S/C12H18N4O3/c13-5-7-1-3-8(4-2-7)12(18)19-11-9(10(14)17)15-6-16-11/h6-8H,1-5,13H2,(H2,14,17)(H,15,16). The number of nitrogens with one attached hydrogen (secondary N) is 1. The third kappa shape index (κ3) is 3.11. The topological polar surface area (TPSA) is 124 Å². The van der Waals surface area contributed by atoms with Crippen molar-refractivity contribution in [3.05, 3.63) is 12.0 Å². The number of amides is 1. The Hall–Kier alpha value is -1.89. The molecule has 1 aliphatic rings. The van der Waals surface area contributed by atoms with E-state index in [1.54, 1.807) is 0 Å². The lowest BCUT2D eigenvalue weighted by Crippen LogP contribution is -2.28. The highest BCUT2D eigenvalue weighted by molar-refractivity contribution is 5.93. The van der Waals surface area contributed by atoms with E-state index in [0.29, 0.717) is 12.5 Å². The minimum Gasteiger partial charge on any atom is -0.405 e. The van der Waals surface area contributed by atoms with E-state index in [-0.39, 0.29) is 23.5 Å². The van der Waals surface area contributed by atoms with Gasteiger partial charge in [-0.1, -0.05) is 0 Å². The molecule has 1 amide bonds. The van der Waals surface area contributed by atoms with Crippen molar-refractivity contribution in [1.82, 2.24) is 9.97 Å². The van der Waals surface area contributed by atoms with Gasteiger partial charge >= 0.3 is 5.97 Å². The van der Waals surface area contributed by atoms with Crippen molar-refractivity contribution in [2.24, 2.45) is 23.3 Å². The minimum absolute atomic E-state index is 0.0176. The van der Waals surface area contributed by atoms with Crippen molar-refractivity contribution in [2.75, 3.05) is 6.54 Å². The summed E-state index contributed by atoms with van der Waals surface area (Å²) in [6, 6.07) is 0. The van der Waals surface area contributed by atoms with Crippen LogP contribution in [0.4, 0.5) is 0 Å². The van der Waals surface area contributed by atoms with E-state index in [1.165, 1.54) is 6.33 Å². The van der Waals surface area contributed by atoms with E-state index in [1.807, 2.05) is 0 Å². The smallest absolute Gasteiger partial charge is 0.315 e. The molecule has 0 spiro atoms. The van der Waals surface area contributed by atoms with Crippen LogP contribution >= 0.6 is 0 Å². The molecule has 5 N–H and O–H groups in total. The minimum atomic E-state index is -0.702. The van der Waals surface area contributed by atoms with Crippen molar-refractivity contribution in [3.63, 3.8) is 0 Å². The average Bonchev–Trinajstić information content (AvgIpc) is 2.87. The van der Waals surface area contributed by atoms with Crippen LogP contribution in [0, 0.1) is 11.8 Å². The zero-order valence-corrected chi connectivity index (χ0v) is 10.6. The van der Waals surface area contributed by atoms with Crippen LogP contribution in [0.3, 0.4) is 0 Å². The van der Waals surface area contributed by atoms with E-state index < -0.39 is 5.91 Å². The molecule has 1 aromatic rings. The van der Waals surface area contributed by atoms with Crippen molar-refractivity contribution in [1.29, 1.82) is 0 Å². The summed E-state index contributed by atoms with van der Waals surface area (Å²) in [4.78, 5) is 29.4. The van der Waals surface area contributed by atoms with Crippen molar-refractivity contribution >= 4 is 11.9 Å². The molecule has 1 saturated carbocycles. The summed E-state index contributed by atoms with van der Waals surface area (Å²) in [6.07, 6.45) is 4.65. The first-order valence-corrected chi connectivity index (χ1v) is 6.36. The molecule has 0 unspecified atom stereocenters. The Morgan fingerprint density at radius 1 is 1.37 bits per heavy atom. The van der Waals surface area contributed by atoms with Crippen molar-refractivity contribution in [2.45, 2.75) is 25.7 Å². The van der Waals surface area contributed by atoms with Crippen molar-refractivity contribution in [3.8, 4) is 5.88 Å². The lowest BCUT2D eigenvalue weighted by molar-refractivity contribution is -0.140. The maximum Gasteiger partial charge on any atom is 0.315 e. The summed E-state index contributed by atoms with van der Waals surface area (Å²) >= 11 is 0. The molecule has 1 aliphatic carbocycles. The monoisotopic (exact) mass is 266 g/mol. The molecule has 7 nitrogen and oxygen atoms in total. The molecule has 2 rings (SSSR count). The number of aromatic amines is 1. The number of hydrogen-bond donors (Lipinski definition) is 3. The molecule has 0 aliphatic heterocycles. The normalized spacial score (nSPS) is 23.0. The Balaban J connectivity index is 1.94. The largest absolute Gasteiger partial charge is 0.405 e. The summed E-state index contributed by atoms with van der Waals surface area (Å²) < 4.78 is 5.14. The highest BCUT2D eigenvalue weighted by atomic mass is 16.5. The number of carbonyl (C=O) groups excluding carboxylic acids is 2. The SMILES string of the molecule is NCC1CCC(C(=O)Oc2nc[nH]c2C(N)=O)CC1. The summed E-state index contributed by atoms with van der Waals surface area (Å²) in [6.45, 7) is 0.660. The van der Waals surface area contributed by atoms with Gasteiger partial charge in [0.25, 0.3) is 11.8 Å². The maximum absolute atomic E-state index is 12.0. The zero-order chi connectivity index (χ0) is 13.8. The molecule has 104 valence electrons. The van der Waals surface area contributed by atoms with Crippen LogP contribution in [0.1, 0.15) is 36.2 Å². The Morgan fingerprint density at radius 3 is 2.63 bits per heavy atom. The van der Waals surface area contributed by atoms with Crippen LogP contribution in [0.5, 0.6) is 5.88 Å². The molecular formula is C12H18N4O3. The Kier molecular flexibility index (Phi) is 4.16. The number of aromatic nitrogens is 2. The van der Waals surface area contributed by atoms with Gasteiger partial charge in [0.2, 0.25) is 0 Å². The molecule has 0 saturated heterocycles. The number of carbonyl (C=O) groups is 2. The van der Waals surface area contributed by atoms with Crippen LogP contribution in [0.15, 0.2) is 6.33 Å². The zero-order valence-electron chi connectivity index (χ0n) is 10.6. The number of rotatable bonds is 4. The van der Waals surface area contributed by atoms with Gasteiger partial charge in [0.15, 0.2) is 5.69 Å². The Labute approximate surface area is 110 Å². The molecule has 1 aromatic heterocycles. The summed E-state index contributed by atoms with van der Waals surface area (Å²) in [5.74, 6) is -0.758. The predicted molar refractivity (Wildman–Crippen MR) is 67.2 cm³/mol. The fourth-order valence-electron chi connectivity index (χ4n) is 2.35. The van der Waals surface area contributed by atoms with Gasteiger partial charge in [0.1, 0.15) is 0 Å². The number of ether oxygens (including phenoxy) is 1. The third-order valence-electron chi connectivity index (χ3n) is 3.56. The first kappa shape index (κ1) is 13.5. The first-order valence-electron chi connectivity index (χ1n) is 6.36. The van der Waals surface area contributed by atoms with Gasteiger partial charge in [-0.15, -0.1) is 0 Å². The number of nitrogens with zero attached hydrogens (tertiary/aromatic N) is 1. The second kappa shape index (κ2) is 5.83. The van der Waals surface area contributed by atoms with Crippen LogP contribution in [0.25, 0.3) is 0 Å². The number of primary amides is 1. The Morgan fingerprint density at radius 2 is 2.05 bits per heavy atom. The number of imidazole rings is 1. The van der Waals surface area contributed by atoms with E-state index in [4.69, 9.17) is 16.2 Å². The third-order valence-corrected chi connectivity index (χ3v) is 3.56. The highest BCUT2D eigenvalue weighted by Gasteiger charge is 2.28. The van der Waals surface area contributed by atoms with Crippen LogP contribution in [-0.2, 0) is 4.79 Å². The number of H-pyrrole nitrogens is 1. The molecule has 0 radical (unpaired) electrons. The molecule has 0 atom stereocenters. The second-order valence-electron chi connectivity index (χ2n) is 4.82. The lowest BCUT2D eigenvalue weighted by atomic mass is 9.82.